The summed E-state index contributed by atoms with van der Waals surface area (Å²) in [6, 6.07) is 3.65. The van der Waals surface area contributed by atoms with Crippen molar-refractivity contribution in [2.45, 2.75) is 32.1 Å². The van der Waals surface area contributed by atoms with E-state index >= 15 is 0 Å². The molecule has 1 heterocycles. The number of aryl methyl sites for hydroxylation is 1. The SMILES string of the molecule is CCn1c(C(C)(N)C(F)(F)F)nc2ccc(F)cc21. The Bertz CT molecular complexity index is 613. The predicted molar refractivity (Wildman–Crippen MR) is 63.0 cm³/mol. The molecule has 0 radical (unpaired) electrons. The van der Waals surface area contributed by atoms with Gasteiger partial charge in [-0.1, -0.05) is 0 Å². The highest BCUT2D eigenvalue weighted by molar-refractivity contribution is 5.76. The molecule has 0 saturated carbocycles. The van der Waals surface area contributed by atoms with Crippen molar-refractivity contribution in [3.63, 3.8) is 0 Å². The average Bonchev–Trinajstić information content (AvgIpc) is 2.65. The van der Waals surface area contributed by atoms with E-state index in [1.807, 2.05) is 0 Å². The number of halogens is 4. The molecule has 2 aromatic rings. The van der Waals surface area contributed by atoms with Gasteiger partial charge in [-0.25, -0.2) is 9.37 Å². The molecule has 0 aliphatic heterocycles. The van der Waals surface area contributed by atoms with Crippen molar-refractivity contribution in [1.82, 2.24) is 9.55 Å². The van der Waals surface area contributed by atoms with Crippen molar-refractivity contribution in [2.24, 2.45) is 5.73 Å². The van der Waals surface area contributed by atoms with Gasteiger partial charge in [0.1, 0.15) is 11.6 Å². The van der Waals surface area contributed by atoms with Crippen LogP contribution in [-0.4, -0.2) is 15.7 Å². The number of fused-ring (bicyclic) bond motifs is 1. The minimum Gasteiger partial charge on any atom is -0.326 e. The third-order valence-electron chi connectivity index (χ3n) is 3.08. The quantitative estimate of drug-likeness (QED) is 0.856. The number of nitrogens with zero attached hydrogens (tertiary/aromatic N) is 2. The van der Waals surface area contributed by atoms with E-state index in [-0.39, 0.29) is 12.4 Å². The van der Waals surface area contributed by atoms with E-state index in [0.29, 0.717) is 11.0 Å². The van der Waals surface area contributed by atoms with Gasteiger partial charge in [-0.15, -0.1) is 0 Å². The lowest BCUT2D eigenvalue weighted by Gasteiger charge is -2.27. The third-order valence-corrected chi connectivity index (χ3v) is 3.08. The van der Waals surface area contributed by atoms with Gasteiger partial charge in [-0.3, -0.25) is 0 Å². The summed E-state index contributed by atoms with van der Waals surface area (Å²) < 4.78 is 53.5. The zero-order valence-electron chi connectivity index (χ0n) is 10.4. The van der Waals surface area contributed by atoms with Gasteiger partial charge in [0.25, 0.3) is 0 Å². The lowest BCUT2D eigenvalue weighted by atomic mass is 10.0. The standard InChI is InChI=1S/C12H13F4N3/c1-3-19-9-6-7(13)4-5-8(9)18-10(19)11(2,17)12(14,15)16/h4-6H,3,17H2,1-2H3. The summed E-state index contributed by atoms with van der Waals surface area (Å²) in [6.45, 7) is 2.73. The summed E-state index contributed by atoms with van der Waals surface area (Å²) in [5.41, 5.74) is 3.40. The Labute approximate surface area is 107 Å². The average molecular weight is 275 g/mol. The zero-order chi connectivity index (χ0) is 14.4. The number of benzene rings is 1. The highest BCUT2D eigenvalue weighted by atomic mass is 19.4. The highest BCUT2D eigenvalue weighted by Gasteiger charge is 2.52. The van der Waals surface area contributed by atoms with E-state index in [4.69, 9.17) is 5.73 Å². The molecule has 1 aromatic heterocycles. The number of hydrogen-bond donors (Lipinski definition) is 1. The molecule has 1 unspecified atom stereocenters. The van der Waals surface area contributed by atoms with Gasteiger partial charge in [0.15, 0.2) is 5.54 Å². The van der Waals surface area contributed by atoms with Crippen LogP contribution in [0.3, 0.4) is 0 Å². The number of imidazole rings is 1. The zero-order valence-corrected chi connectivity index (χ0v) is 10.4. The van der Waals surface area contributed by atoms with Gasteiger partial charge in [-0.05, 0) is 32.0 Å². The summed E-state index contributed by atoms with van der Waals surface area (Å²) in [4.78, 5) is 3.91. The first-order valence-electron chi connectivity index (χ1n) is 5.70. The summed E-state index contributed by atoms with van der Waals surface area (Å²) in [5, 5.41) is 0. The lowest BCUT2D eigenvalue weighted by molar-refractivity contribution is -0.186. The van der Waals surface area contributed by atoms with Gasteiger partial charge >= 0.3 is 6.18 Å². The fourth-order valence-electron chi connectivity index (χ4n) is 1.94. The normalized spacial score (nSPS) is 15.7. The van der Waals surface area contributed by atoms with Crippen LogP contribution in [0.25, 0.3) is 11.0 Å². The van der Waals surface area contributed by atoms with Crippen LogP contribution in [0.15, 0.2) is 18.2 Å². The summed E-state index contributed by atoms with van der Waals surface area (Å²) in [6.07, 6.45) is -4.64. The van der Waals surface area contributed by atoms with E-state index in [9.17, 15) is 17.6 Å². The maximum atomic E-state index is 13.2. The van der Waals surface area contributed by atoms with Crippen molar-refractivity contribution in [1.29, 1.82) is 0 Å². The molecule has 0 bridgehead atoms. The molecule has 19 heavy (non-hydrogen) atoms. The van der Waals surface area contributed by atoms with Gasteiger partial charge < -0.3 is 10.3 Å². The van der Waals surface area contributed by atoms with Gasteiger partial charge in [-0.2, -0.15) is 13.2 Å². The topological polar surface area (TPSA) is 43.8 Å². The molecule has 0 aliphatic carbocycles. The summed E-state index contributed by atoms with van der Waals surface area (Å²) in [7, 11) is 0. The van der Waals surface area contributed by atoms with Crippen LogP contribution in [0.1, 0.15) is 19.7 Å². The monoisotopic (exact) mass is 275 g/mol. The van der Waals surface area contributed by atoms with Crippen molar-refractivity contribution >= 4 is 11.0 Å². The number of aromatic nitrogens is 2. The van der Waals surface area contributed by atoms with Crippen LogP contribution in [-0.2, 0) is 12.1 Å². The molecule has 1 atom stereocenters. The van der Waals surface area contributed by atoms with Crippen molar-refractivity contribution in [2.75, 3.05) is 0 Å². The number of alkyl halides is 3. The molecule has 3 nitrogen and oxygen atoms in total. The maximum absolute atomic E-state index is 13.2. The third kappa shape index (κ3) is 2.07. The van der Waals surface area contributed by atoms with E-state index in [2.05, 4.69) is 4.98 Å². The minimum absolute atomic E-state index is 0.220. The maximum Gasteiger partial charge on any atom is 0.413 e. The summed E-state index contributed by atoms with van der Waals surface area (Å²) in [5.74, 6) is -0.845. The van der Waals surface area contributed by atoms with E-state index in [1.165, 1.54) is 10.6 Å². The Hall–Kier alpha value is -1.63. The van der Waals surface area contributed by atoms with Crippen LogP contribution < -0.4 is 5.73 Å². The van der Waals surface area contributed by atoms with Crippen LogP contribution in [0.5, 0.6) is 0 Å². The number of hydrogen-bond acceptors (Lipinski definition) is 2. The second kappa shape index (κ2) is 4.19. The number of nitrogens with two attached hydrogens (primary N) is 1. The Morgan fingerprint density at radius 3 is 2.47 bits per heavy atom. The predicted octanol–water partition coefficient (Wildman–Crippen LogP) is 2.93. The van der Waals surface area contributed by atoms with Crippen molar-refractivity contribution in [3.05, 3.63) is 29.8 Å². The molecule has 0 fully saturated rings. The number of rotatable bonds is 2. The van der Waals surface area contributed by atoms with Gasteiger partial charge in [0.05, 0.1) is 11.0 Å². The molecular weight excluding hydrogens is 262 g/mol. The minimum atomic E-state index is -4.64. The first kappa shape index (κ1) is 13.8. The molecule has 1 aromatic carbocycles. The largest absolute Gasteiger partial charge is 0.413 e. The molecule has 2 N–H and O–H groups in total. The van der Waals surface area contributed by atoms with Gasteiger partial charge in [0, 0.05) is 6.54 Å². The second-order valence-electron chi connectivity index (χ2n) is 4.51. The van der Waals surface area contributed by atoms with Crippen LogP contribution in [0.2, 0.25) is 0 Å². The fourth-order valence-corrected chi connectivity index (χ4v) is 1.94. The molecule has 7 heteroatoms. The fraction of sp³-hybridized carbons (Fsp3) is 0.417. The van der Waals surface area contributed by atoms with Gasteiger partial charge in [0.2, 0.25) is 0 Å². The summed E-state index contributed by atoms with van der Waals surface area (Å²) >= 11 is 0. The molecular formula is C12H13F4N3. The Balaban J connectivity index is 2.74. The molecule has 0 amide bonds. The van der Waals surface area contributed by atoms with Crippen LogP contribution in [0.4, 0.5) is 17.6 Å². The van der Waals surface area contributed by atoms with Crippen LogP contribution >= 0.6 is 0 Å². The Morgan fingerprint density at radius 2 is 1.95 bits per heavy atom. The Kier molecular flexibility index (Phi) is 3.04. The molecule has 0 aliphatic rings. The van der Waals surface area contributed by atoms with Crippen LogP contribution in [0, 0.1) is 5.82 Å². The molecule has 2 rings (SSSR count). The van der Waals surface area contributed by atoms with Crippen molar-refractivity contribution in [3.8, 4) is 0 Å². The van der Waals surface area contributed by atoms with Crippen molar-refractivity contribution < 1.29 is 17.6 Å². The highest BCUT2D eigenvalue weighted by Crippen LogP contribution is 2.37. The Morgan fingerprint density at radius 1 is 1.32 bits per heavy atom. The second-order valence-corrected chi connectivity index (χ2v) is 4.51. The molecule has 0 spiro atoms. The smallest absolute Gasteiger partial charge is 0.326 e. The van der Waals surface area contributed by atoms with E-state index in [0.717, 1.165) is 19.1 Å². The lowest BCUT2D eigenvalue weighted by Crippen LogP contribution is -2.49. The van der Waals surface area contributed by atoms with E-state index in [1.54, 1.807) is 6.92 Å². The molecule has 104 valence electrons. The van der Waals surface area contributed by atoms with E-state index < -0.39 is 17.5 Å². The first-order valence-corrected chi connectivity index (χ1v) is 5.70. The first-order chi connectivity index (χ1) is 8.68. The molecule has 0 saturated heterocycles.